The first-order valence-corrected chi connectivity index (χ1v) is 5.28. The number of phosphoric acid groups is 1. The number of aromatic nitrogens is 2. The summed E-state index contributed by atoms with van der Waals surface area (Å²) >= 11 is 0. The quantitative estimate of drug-likeness (QED) is 0.295. The normalized spacial score (nSPS) is 13.1. The molecule has 0 amide bonds. The molecular weight excluding hydrogens is 225 g/mol. The molecule has 2 N–H and O–H groups in total. The average Bonchev–Trinajstić information content (AvgIpc) is 2.61. The zero-order valence-electron chi connectivity index (χ0n) is 7.71. The van der Waals surface area contributed by atoms with Crippen molar-refractivity contribution in [2.24, 2.45) is 5.16 Å². The number of aromatic amines is 1. The molecular formula is C6H8N3O5P-2. The molecule has 9 heteroatoms. The summed E-state index contributed by atoms with van der Waals surface area (Å²) in [7, 11) is -4.98. The molecule has 0 bridgehead atoms. The Kier molecular flexibility index (Phi) is 3.59. The summed E-state index contributed by atoms with van der Waals surface area (Å²) in [5, 5.41) is 11.3. The summed E-state index contributed by atoms with van der Waals surface area (Å²) in [5.74, 6) is 0.266. The van der Waals surface area contributed by atoms with Crippen molar-refractivity contribution in [1.82, 2.24) is 9.97 Å². The van der Waals surface area contributed by atoms with E-state index in [9.17, 15) is 14.4 Å². The predicted molar refractivity (Wildman–Crippen MR) is 45.0 cm³/mol. The third-order valence-electron chi connectivity index (χ3n) is 1.50. The van der Waals surface area contributed by atoms with E-state index in [1.807, 2.05) is 0 Å². The molecule has 1 rings (SSSR count). The maximum absolute atomic E-state index is 10.2. The van der Waals surface area contributed by atoms with Crippen molar-refractivity contribution in [1.29, 1.82) is 0 Å². The van der Waals surface area contributed by atoms with Gasteiger partial charge in [-0.15, -0.1) is 0 Å². The third kappa shape index (κ3) is 3.80. The molecule has 84 valence electrons. The fourth-order valence-corrected chi connectivity index (χ4v) is 1.11. The number of hydrogen-bond acceptors (Lipinski definition) is 7. The van der Waals surface area contributed by atoms with Crippen LogP contribution in [0, 0.1) is 0 Å². The molecule has 0 atom stereocenters. The number of nitrogens with zero attached hydrogens (tertiary/aromatic N) is 2. The molecule has 0 saturated heterocycles. The number of imidazole rings is 1. The Labute approximate surface area is 84.9 Å². The van der Waals surface area contributed by atoms with Crippen LogP contribution in [-0.4, -0.2) is 20.9 Å². The van der Waals surface area contributed by atoms with Crippen LogP contribution in [0.25, 0.3) is 0 Å². The van der Waals surface area contributed by atoms with Crippen LogP contribution in [0.5, 0.6) is 0 Å². The van der Waals surface area contributed by atoms with Crippen LogP contribution in [0.3, 0.4) is 0 Å². The van der Waals surface area contributed by atoms with Crippen molar-refractivity contribution < 1.29 is 24.1 Å². The number of H-pyrrole nitrogens is 1. The lowest BCUT2D eigenvalue weighted by Gasteiger charge is -2.27. The first-order valence-electron chi connectivity index (χ1n) is 3.82. The summed E-state index contributed by atoms with van der Waals surface area (Å²) in [4.78, 5) is 26.7. The molecule has 0 unspecified atom stereocenters. The highest BCUT2D eigenvalue weighted by molar-refractivity contribution is 7.43. The Balaban J connectivity index is 2.65. The van der Waals surface area contributed by atoms with E-state index >= 15 is 0 Å². The summed E-state index contributed by atoms with van der Waals surface area (Å²) in [6, 6.07) is 0. The van der Waals surface area contributed by atoms with Crippen molar-refractivity contribution in [2.45, 2.75) is 13.5 Å². The first-order chi connectivity index (χ1) is 6.92. The van der Waals surface area contributed by atoms with Crippen LogP contribution < -0.4 is 9.79 Å². The lowest BCUT2D eigenvalue weighted by atomic mass is 10.4. The van der Waals surface area contributed by atoms with Gasteiger partial charge in [0.15, 0.2) is 5.82 Å². The number of hydrogen-bond donors (Lipinski definition) is 2. The number of oxime groups is 1. The van der Waals surface area contributed by atoms with E-state index in [2.05, 4.69) is 19.6 Å². The average molecular weight is 233 g/mol. The van der Waals surface area contributed by atoms with Gasteiger partial charge in [0.05, 0.1) is 26.3 Å². The van der Waals surface area contributed by atoms with Crippen LogP contribution in [0.2, 0.25) is 0 Å². The van der Waals surface area contributed by atoms with Crippen LogP contribution in [0.4, 0.5) is 0 Å². The van der Waals surface area contributed by atoms with Crippen molar-refractivity contribution in [2.75, 3.05) is 0 Å². The van der Waals surface area contributed by atoms with E-state index in [0.717, 1.165) is 0 Å². The van der Waals surface area contributed by atoms with Gasteiger partial charge in [-0.1, -0.05) is 5.16 Å². The SMILES string of the molecule is C/C(=N\O)c1ncc(COP(=O)([O-])[O-])[nH]1. The molecule has 0 aliphatic rings. The molecule has 0 aliphatic carbocycles. The maximum atomic E-state index is 10.2. The zero-order valence-corrected chi connectivity index (χ0v) is 8.60. The summed E-state index contributed by atoms with van der Waals surface area (Å²) < 4.78 is 14.2. The Bertz CT molecular complexity index is 409. The molecule has 1 aromatic heterocycles. The Morgan fingerprint density at radius 1 is 1.80 bits per heavy atom. The van der Waals surface area contributed by atoms with Crippen LogP contribution in [0.15, 0.2) is 11.4 Å². The molecule has 0 aliphatic heterocycles. The van der Waals surface area contributed by atoms with Crippen molar-refractivity contribution >= 4 is 13.5 Å². The van der Waals surface area contributed by atoms with Gasteiger partial charge >= 0.3 is 0 Å². The fourth-order valence-electron chi connectivity index (χ4n) is 0.812. The van der Waals surface area contributed by atoms with Gasteiger partial charge in [-0.25, -0.2) is 4.98 Å². The Morgan fingerprint density at radius 3 is 3.00 bits per heavy atom. The maximum Gasteiger partial charge on any atom is 0.155 e. The number of phosphoric ester groups is 1. The molecule has 0 fully saturated rings. The second-order valence-electron chi connectivity index (χ2n) is 2.66. The molecule has 15 heavy (non-hydrogen) atoms. The topological polar surface area (TPSA) is 134 Å². The van der Waals surface area contributed by atoms with Gasteiger partial charge in [-0.2, -0.15) is 0 Å². The minimum Gasteiger partial charge on any atom is -0.790 e. The summed E-state index contributed by atoms with van der Waals surface area (Å²) in [5.41, 5.74) is 0.522. The lowest BCUT2D eigenvalue weighted by Crippen LogP contribution is -2.16. The highest BCUT2D eigenvalue weighted by atomic mass is 31.2. The van der Waals surface area contributed by atoms with E-state index in [4.69, 9.17) is 5.21 Å². The standard InChI is InChI=1S/C6H10N3O5P/c1-4(9-10)6-7-2-5(8-6)3-14-15(11,12)13/h2,10H,3H2,1H3,(H,7,8)(H2,11,12,13)/p-2/b9-4+. The van der Waals surface area contributed by atoms with Gasteiger partial charge in [0, 0.05) is 0 Å². The number of nitrogens with one attached hydrogen (secondary N) is 1. The summed E-state index contributed by atoms with van der Waals surface area (Å²) in [6.07, 6.45) is 1.28. The van der Waals surface area contributed by atoms with E-state index in [0.29, 0.717) is 5.69 Å². The van der Waals surface area contributed by atoms with Crippen molar-refractivity contribution in [3.63, 3.8) is 0 Å². The highest BCUT2D eigenvalue weighted by Gasteiger charge is 2.04. The van der Waals surface area contributed by atoms with E-state index in [1.165, 1.54) is 13.1 Å². The van der Waals surface area contributed by atoms with Crippen LogP contribution in [0.1, 0.15) is 18.4 Å². The highest BCUT2D eigenvalue weighted by Crippen LogP contribution is 2.25. The van der Waals surface area contributed by atoms with Gasteiger partial charge in [-0.3, -0.25) is 0 Å². The molecule has 0 saturated carbocycles. The molecule has 0 radical (unpaired) electrons. The molecule has 1 heterocycles. The third-order valence-corrected chi connectivity index (χ3v) is 1.94. The van der Waals surface area contributed by atoms with E-state index in [1.54, 1.807) is 0 Å². The monoisotopic (exact) mass is 233 g/mol. The Hall–Kier alpha value is -1.21. The predicted octanol–water partition coefficient (Wildman–Crippen LogP) is -1.05. The first kappa shape index (κ1) is 11.9. The molecule has 8 nitrogen and oxygen atoms in total. The largest absolute Gasteiger partial charge is 0.790 e. The van der Waals surface area contributed by atoms with Crippen LogP contribution >= 0.6 is 7.82 Å². The van der Waals surface area contributed by atoms with Gasteiger partial charge in [-0.05, 0) is 6.92 Å². The van der Waals surface area contributed by atoms with E-state index < -0.39 is 14.4 Å². The molecule has 0 spiro atoms. The smallest absolute Gasteiger partial charge is 0.155 e. The van der Waals surface area contributed by atoms with Gasteiger partial charge < -0.3 is 29.1 Å². The zero-order chi connectivity index (χ0) is 11.5. The lowest BCUT2D eigenvalue weighted by molar-refractivity contribution is -0.342. The van der Waals surface area contributed by atoms with Crippen molar-refractivity contribution in [3.8, 4) is 0 Å². The van der Waals surface area contributed by atoms with Crippen molar-refractivity contribution in [3.05, 3.63) is 17.7 Å². The minimum absolute atomic E-state index is 0.230. The minimum atomic E-state index is -4.98. The second kappa shape index (κ2) is 4.54. The number of rotatable bonds is 4. The van der Waals surface area contributed by atoms with Crippen LogP contribution in [-0.2, 0) is 15.7 Å². The summed E-state index contributed by atoms with van der Waals surface area (Å²) in [6.45, 7) is 1.07. The molecule has 1 aromatic rings. The van der Waals surface area contributed by atoms with Gasteiger partial charge in [0.1, 0.15) is 5.71 Å². The molecule has 0 aromatic carbocycles. The van der Waals surface area contributed by atoms with Gasteiger partial charge in [0.2, 0.25) is 0 Å². The fraction of sp³-hybridized carbons (Fsp3) is 0.333. The second-order valence-corrected chi connectivity index (χ2v) is 3.82. The van der Waals surface area contributed by atoms with Gasteiger partial charge in [0.25, 0.3) is 0 Å². The van der Waals surface area contributed by atoms with E-state index in [-0.39, 0.29) is 11.5 Å². The Morgan fingerprint density at radius 2 is 2.47 bits per heavy atom.